The monoisotopic (exact) mass is 312 g/mol. The Labute approximate surface area is 113 Å². The number of nitrogens with one attached hydrogen (secondary N) is 1. The van der Waals surface area contributed by atoms with E-state index in [0.29, 0.717) is 17.7 Å². The first-order chi connectivity index (χ1) is 8.54. The molecular weight excluding hydrogens is 300 g/mol. The van der Waals surface area contributed by atoms with E-state index in [1.54, 1.807) is 25.2 Å². The highest BCUT2D eigenvalue weighted by atomic mass is 79.9. The minimum Gasteiger partial charge on any atom is -0.390 e. The van der Waals surface area contributed by atoms with Gasteiger partial charge in [0.2, 0.25) is 0 Å². The second-order valence-corrected chi connectivity index (χ2v) is 5.04. The maximum Gasteiger partial charge on any atom is 0.261 e. The van der Waals surface area contributed by atoms with Crippen molar-refractivity contribution in [1.29, 1.82) is 0 Å². The summed E-state index contributed by atoms with van der Waals surface area (Å²) in [7, 11) is 1.70. The Bertz CT molecular complexity index is 504. The molecule has 1 heterocycles. The van der Waals surface area contributed by atoms with Crippen LogP contribution in [0.2, 0.25) is 0 Å². The van der Waals surface area contributed by atoms with Gasteiger partial charge < -0.3 is 10.4 Å². The fourth-order valence-electron chi connectivity index (χ4n) is 1.94. The zero-order valence-corrected chi connectivity index (χ0v) is 11.4. The number of β-amino-alcohol motifs (C(OH)–C–C–N with tert-alkyl or cyclic N) is 1. The predicted octanol–water partition coefficient (Wildman–Crippen LogP) is 0.625. The van der Waals surface area contributed by atoms with Gasteiger partial charge in [-0.25, -0.2) is 0 Å². The third-order valence-electron chi connectivity index (χ3n) is 2.77. The number of carbonyl (C=O) groups excluding carboxylic acids is 2. The van der Waals surface area contributed by atoms with Crippen LogP contribution in [-0.2, 0) is 0 Å². The number of imide groups is 1. The summed E-state index contributed by atoms with van der Waals surface area (Å²) in [5, 5.41) is 12.5. The van der Waals surface area contributed by atoms with E-state index in [2.05, 4.69) is 21.2 Å². The van der Waals surface area contributed by atoms with Gasteiger partial charge in [0.1, 0.15) is 0 Å². The van der Waals surface area contributed by atoms with E-state index < -0.39 is 6.10 Å². The molecule has 1 aromatic rings. The molecule has 0 bridgehead atoms. The fourth-order valence-corrected chi connectivity index (χ4v) is 2.30. The highest BCUT2D eigenvalue weighted by Crippen LogP contribution is 2.25. The molecule has 0 fully saturated rings. The summed E-state index contributed by atoms with van der Waals surface area (Å²) in [4.78, 5) is 25.2. The van der Waals surface area contributed by atoms with Crippen molar-refractivity contribution in [3.8, 4) is 0 Å². The molecule has 1 aliphatic rings. The minimum atomic E-state index is -0.763. The van der Waals surface area contributed by atoms with Crippen molar-refractivity contribution >= 4 is 27.7 Å². The lowest BCUT2D eigenvalue weighted by Crippen LogP contribution is -2.40. The first kappa shape index (κ1) is 13.2. The van der Waals surface area contributed by atoms with E-state index in [4.69, 9.17) is 0 Å². The Balaban J connectivity index is 2.23. The first-order valence-electron chi connectivity index (χ1n) is 5.53. The van der Waals surface area contributed by atoms with Gasteiger partial charge in [-0.3, -0.25) is 14.5 Å². The Kier molecular flexibility index (Phi) is 3.79. The maximum absolute atomic E-state index is 12.1. The summed E-state index contributed by atoms with van der Waals surface area (Å²) in [6, 6.07) is 4.96. The van der Waals surface area contributed by atoms with Gasteiger partial charge >= 0.3 is 0 Å². The quantitative estimate of drug-likeness (QED) is 0.800. The Hall–Kier alpha value is -1.24. The van der Waals surface area contributed by atoms with Crippen molar-refractivity contribution in [2.24, 2.45) is 0 Å². The van der Waals surface area contributed by atoms with E-state index in [1.165, 1.54) is 0 Å². The van der Waals surface area contributed by atoms with Crippen LogP contribution in [0.25, 0.3) is 0 Å². The van der Waals surface area contributed by atoms with Crippen molar-refractivity contribution in [2.45, 2.75) is 6.10 Å². The lowest BCUT2D eigenvalue weighted by atomic mass is 10.1. The number of likely N-dealkylation sites (N-methyl/N-ethyl adjacent to an activating group) is 1. The van der Waals surface area contributed by atoms with Gasteiger partial charge in [-0.15, -0.1) is 0 Å². The number of aliphatic hydroxyl groups excluding tert-OH is 1. The third-order valence-corrected chi connectivity index (χ3v) is 3.26. The molecule has 2 rings (SSSR count). The van der Waals surface area contributed by atoms with Crippen LogP contribution in [0.15, 0.2) is 22.7 Å². The molecule has 0 aromatic heterocycles. The van der Waals surface area contributed by atoms with E-state index in [0.717, 1.165) is 9.37 Å². The molecule has 0 saturated heterocycles. The lowest BCUT2D eigenvalue weighted by molar-refractivity contribution is 0.0546. The molecule has 96 valence electrons. The molecule has 0 saturated carbocycles. The van der Waals surface area contributed by atoms with Crippen LogP contribution < -0.4 is 5.32 Å². The summed E-state index contributed by atoms with van der Waals surface area (Å²) < 4.78 is 0.750. The molecule has 0 radical (unpaired) electrons. The molecule has 1 aliphatic heterocycles. The average Bonchev–Trinajstić information content (AvgIpc) is 2.55. The summed E-state index contributed by atoms with van der Waals surface area (Å²) in [6.07, 6.45) is -0.763. The number of nitrogens with zero attached hydrogens (tertiary/aromatic N) is 1. The van der Waals surface area contributed by atoms with Gasteiger partial charge in [-0.2, -0.15) is 0 Å². The van der Waals surface area contributed by atoms with Crippen molar-refractivity contribution < 1.29 is 14.7 Å². The van der Waals surface area contributed by atoms with Crippen LogP contribution in [0.5, 0.6) is 0 Å². The number of rotatable bonds is 4. The van der Waals surface area contributed by atoms with E-state index in [-0.39, 0.29) is 18.4 Å². The standard InChI is InChI=1S/C12H13BrN2O3/c1-14-5-8(16)6-15-11(17)9-3-2-7(13)4-10(9)12(15)18/h2-4,8,14,16H,5-6H2,1H3. The summed E-state index contributed by atoms with van der Waals surface area (Å²) in [5.74, 6) is -0.705. The van der Waals surface area contributed by atoms with Gasteiger partial charge in [0, 0.05) is 11.0 Å². The van der Waals surface area contributed by atoms with Gasteiger partial charge in [0.05, 0.1) is 23.8 Å². The van der Waals surface area contributed by atoms with Gasteiger partial charge in [-0.05, 0) is 25.2 Å². The zero-order chi connectivity index (χ0) is 13.3. The van der Waals surface area contributed by atoms with Crippen LogP contribution in [0, 0.1) is 0 Å². The van der Waals surface area contributed by atoms with Crippen molar-refractivity contribution in [2.75, 3.05) is 20.1 Å². The number of amides is 2. The van der Waals surface area contributed by atoms with Crippen molar-refractivity contribution in [1.82, 2.24) is 10.2 Å². The normalized spacial score (nSPS) is 16.1. The van der Waals surface area contributed by atoms with E-state index in [9.17, 15) is 14.7 Å². The molecule has 1 atom stereocenters. The summed E-state index contributed by atoms with van der Waals surface area (Å²) >= 11 is 3.27. The van der Waals surface area contributed by atoms with Crippen molar-refractivity contribution in [3.63, 3.8) is 0 Å². The van der Waals surface area contributed by atoms with Crippen LogP contribution in [0.3, 0.4) is 0 Å². The number of carbonyl (C=O) groups is 2. The largest absolute Gasteiger partial charge is 0.390 e. The SMILES string of the molecule is CNCC(O)CN1C(=O)c2ccc(Br)cc2C1=O. The molecule has 2 N–H and O–H groups in total. The second-order valence-electron chi connectivity index (χ2n) is 4.12. The number of hydrogen-bond acceptors (Lipinski definition) is 4. The predicted molar refractivity (Wildman–Crippen MR) is 69.4 cm³/mol. The van der Waals surface area contributed by atoms with E-state index >= 15 is 0 Å². The Morgan fingerprint density at radius 3 is 2.67 bits per heavy atom. The van der Waals surface area contributed by atoms with Crippen LogP contribution in [0.1, 0.15) is 20.7 Å². The van der Waals surface area contributed by atoms with Crippen LogP contribution in [0.4, 0.5) is 0 Å². The minimum absolute atomic E-state index is 0.00477. The number of hydrogen-bond donors (Lipinski definition) is 2. The lowest BCUT2D eigenvalue weighted by Gasteiger charge is -2.17. The highest BCUT2D eigenvalue weighted by Gasteiger charge is 2.36. The van der Waals surface area contributed by atoms with Gasteiger partial charge in [-0.1, -0.05) is 15.9 Å². The molecule has 2 amide bonds. The zero-order valence-electron chi connectivity index (χ0n) is 9.81. The maximum atomic E-state index is 12.1. The average molecular weight is 313 g/mol. The van der Waals surface area contributed by atoms with Gasteiger partial charge in [0.15, 0.2) is 0 Å². The van der Waals surface area contributed by atoms with Gasteiger partial charge in [0.25, 0.3) is 11.8 Å². The van der Waals surface area contributed by atoms with E-state index in [1.807, 2.05) is 0 Å². The van der Waals surface area contributed by atoms with Crippen LogP contribution in [-0.4, -0.2) is 48.1 Å². The fraction of sp³-hybridized carbons (Fsp3) is 0.333. The second kappa shape index (κ2) is 5.17. The molecule has 0 aliphatic carbocycles. The van der Waals surface area contributed by atoms with Crippen LogP contribution >= 0.6 is 15.9 Å². The highest BCUT2D eigenvalue weighted by molar-refractivity contribution is 9.10. The number of fused-ring (bicyclic) bond motifs is 1. The third kappa shape index (κ3) is 2.31. The molecule has 18 heavy (non-hydrogen) atoms. The molecule has 5 nitrogen and oxygen atoms in total. The molecule has 1 unspecified atom stereocenters. The molecule has 6 heteroatoms. The Morgan fingerprint density at radius 2 is 2.00 bits per heavy atom. The van der Waals surface area contributed by atoms with Crippen molar-refractivity contribution in [3.05, 3.63) is 33.8 Å². The molecule has 0 spiro atoms. The topological polar surface area (TPSA) is 69.6 Å². The number of aliphatic hydroxyl groups is 1. The number of benzene rings is 1. The summed E-state index contributed by atoms with van der Waals surface area (Å²) in [5.41, 5.74) is 0.769. The Morgan fingerprint density at radius 1 is 1.33 bits per heavy atom. The first-order valence-corrected chi connectivity index (χ1v) is 6.32. The smallest absolute Gasteiger partial charge is 0.261 e. The molecule has 1 aromatic carbocycles. The number of halogens is 1. The molecular formula is C12H13BrN2O3. The summed E-state index contributed by atoms with van der Waals surface area (Å²) in [6.45, 7) is 0.335.